The van der Waals surface area contributed by atoms with Gasteiger partial charge in [-0.2, -0.15) is 0 Å². The van der Waals surface area contributed by atoms with Gasteiger partial charge in [0.2, 0.25) is 0 Å². The summed E-state index contributed by atoms with van der Waals surface area (Å²) in [5.74, 6) is 3.34. The van der Waals surface area contributed by atoms with Gasteiger partial charge < -0.3 is 5.11 Å². The van der Waals surface area contributed by atoms with Crippen LogP contribution in [0.15, 0.2) is 12.2 Å². The Bertz CT molecular complexity index is 464. The molecule has 1 N–H and O–H groups in total. The second kappa shape index (κ2) is 4.37. The molecule has 7 unspecified atom stereocenters. The highest BCUT2D eigenvalue weighted by molar-refractivity contribution is 5.24. The number of fused-ring (bicyclic) bond motifs is 5. The molecule has 3 fully saturated rings. The summed E-state index contributed by atoms with van der Waals surface area (Å²) in [6, 6.07) is 0. The Hall–Kier alpha value is -0.300. The van der Waals surface area contributed by atoms with Crippen LogP contribution in [-0.4, -0.2) is 10.7 Å². The molecule has 4 aliphatic rings. The predicted octanol–water partition coefficient (Wildman–Crippen LogP) is 4.95. The number of hydrogen-bond acceptors (Lipinski definition) is 1. The van der Waals surface area contributed by atoms with Crippen molar-refractivity contribution in [1.29, 1.82) is 0 Å². The van der Waals surface area contributed by atoms with E-state index in [1.54, 1.807) is 0 Å². The van der Waals surface area contributed by atoms with Crippen molar-refractivity contribution in [3.8, 4) is 0 Å². The molecule has 1 nitrogen and oxygen atoms in total. The first kappa shape index (κ1) is 14.3. The Balaban J connectivity index is 1.67. The van der Waals surface area contributed by atoms with E-state index in [0.717, 1.165) is 17.8 Å². The van der Waals surface area contributed by atoms with Crippen LogP contribution in [0, 0.1) is 34.5 Å². The Labute approximate surface area is 130 Å². The van der Waals surface area contributed by atoms with Gasteiger partial charge >= 0.3 is 0 Å². The van der Waals surface area contributed by atoms with Crippen molar-refractivity contribution in [1.82, 2.24) is 0 Å². The second-order valence-corrected chi connectivity index (χ2v) is 9.28. The average molecular weight is 288 g/mol. The summed E-state index contributed by atoms with van der Waals surface area (Å²) >= 11 is 0. The van der Waals surface area contributed by atoms with Gasteiger partial charge in [-0.15, -0.1) is 0 Å². The average Bonchev–Trinajstić information content (AvgIpc) is 2.69. The van der Waals surface area contributed by atoms with Crippen LogP contribution in [0.5, 0.6) is 0 Å². The zero-order valence-electron chi connectivity index (χ0n) is 14.1. The highest BCUT2D eigenvalue weighted by Gasteiger charge is 2.61. The van der Waals surface area contributed by atoms with Gasteiger partial charge in [0.25, 0.3) is 0 Å². The minimum atomic E-state index is -0.590. The number of aliphatic hydroxyl groups is 1. The fourth-order valence-electron chi connectivity index (χ4n) is 6.97. The summed E-state index contributed by atoms with van der Waals surface area (Å²) < 4.78 is 0. The molecular weight excluding hydrogens is 256 g/mol. The van der Waals surface area contributed by atoms with Gasteiger partial charge in [-0.1, -0.05) is 38.8 Å². The minimum absolute atomic E-state index is 0.0893. The first-order valence-corrected chi connectivity index (χ1v) is 9.30. The zero-order valence-corrected chi connectivity index (χ0v) is 14.1. The lowest BCUT2D eigenvalue weighted by Crippen LogP contribution is -2.55. The third-order valence-corrected chi connectivity index (χ3v) is 8.62. The fourth-order valence-corrected chi connectivity index (χ4v) is 6.97. The number of hydrogen-bond donors (Lipinski definition) is 1. The highest BCUT2D eigenvalue weighted by Crippen LogP contribution is 2.66. The standard InChI is InChI=1S/C20H32O/c1-18-11-5-4-6-14(18)7-8-15-16(18)9-12-19(2)17(15)10-13-20(19,3)21/h10,13-17,21H,4-9,11-12H2,1-3H3. The molecule has 118 valence electrons. The van der Waals surface area contributed by atoms with Crippen LogP contribution in [-0.2, 0) is 0 Å². The molecule has 0 aromatic heterocycles. The topological polar surface area (TPSA) is 20.2 Å². The molecule has 0 aliphatic heterocycles. The van der Waals surface area contributed by atoms with Crippen molar-refractivity contribution in [3.63, 3.8) is 0 Å². The largest absolute Gasteiger partial charge is 0.385 e. The van der Waals surface area contributed by atoms with Gasteiger partial charge in [-0.25, -0.2) is 0 Å². The number of allylic oxidation sites excluding steroid dienone is 1. The molecule has 1 heteroatoms. The molecule has 0 aromatic carbocycles. The monoisotopic (exact) mass is 288 g/mol. The Morgan fingerprint density at radius 3 is 2.57 bits per heavy atom. The lowest BCUT2D eigenvalue weighted by Gasteiger charge is -2.61. The molecule has 21 heavy (non-hydrogen) atoms. The van der Waals surface area contributed by atoms with Gasteiger partial charge in [0.05, 0.1) is 5.60 Å². The summed E-state index contributed by atoms with van der Waals surface area (Å²) in [7, 11) is 0. The summed E-state index contributed by atoms with van der Waals surface area (Å²) in [6.07, 6.45) is 15.8. The number of rotatable bonds is 0. The van der Waals surface area contributed by atoms with E-state index in [1.807, 2.05) is 6.92 Å². The highest BCUT2D eigenvalue weighted by atomic mass is 16.3. The van der Waals surface area contributed by atoms with Gasteiger partial charge in [-0.05, 0) is 74.5 Å². The Morgan fingerprint density at radius 2 is 1.76 bits per heavy atom. The van der Waals surface area contributed by atoms with Gasteiger partial charge in [0.15, 0.2) is 0 Å². The maximum Gasteiger partial charge on any atom is 0.0858 e. The molecule has 0 aromatic rings. The molecule has 0 amide bonds. The molecule has 0 bridgehead atoms. The van der Waals surface area contributed by atoms with Crippen LogP contribution < -0.4 is 0 Å². The van der Waals surface area contributed by atoms with Crippen molar-refractivity contribution in [2.24, 2.45) is 34.5 Å². The molecule has 3 saturated carbocycles. The van der Waals surface area contributed by atoms with E-state index in [2.05, 4.69) is 26.0 Å². The molecular formula is C20H32O. The van der Waals surface area contributed by atoms with E-state index >= 15 is 0 Å². The fraction of sp³-hybridized carbons (Fsp3) is 0.900. The third kappa shape index (κ3) is 1.73. The Morgan fingerprint density at radius 1 is 0.952 bits per heavy atom. The van der Waals surface area contributed by atoms with E-state index in [4.69, 9.17) is 0 Å². The molecule has 4 aliphatic carbocycles. The summed E-state index contributed by atoms with van der Waals surface area (Å²) in [4.78, 5) is 0. The first-order valence-electron chi connectivity index (χ1n) is 9.30. The zero-order chi connectivity index (χ0) is 14.9. The minimum Gasteiger partial charge on any atom is -0.385 e. The normalized spacial score (nSPS) is 59.2. The second-order valence-electron chi connectivity index (χ2n) is 9.28. The van der Waals surface area contributed by atoms with Crippen LogP contribution in [0.25, 0.3) is 0 Å². The van der Waals surface area contributed by atoms with E-state index in [0.29, 0.717) is 11.3 Å². The van der Waals surface area contributed by atoms with E-state index in [1.165, 1.54) is 51.4 Å². The molecule has 0 saturated heterocycles. The van der Waals surface area contributed by atoms with Crippen molar-refractivity contribution >= 4 is 0 Å². The molecule has 0 radical (unpaired) electrons. The third-order valence-electron chi connectivity index (χ3n) is 8.62. The SMILES string of the molecule is CC12CCCCC1CCC1C2CCC2(C)C1C=CC2(C)O. The van der Waals surface area contributed by atoms with E-state index in [9.17, 15) is 5.11 Å². The van der Waals surface area contributed by atoms with E-state index in [-0.39, 0.29) is 5.41 Å². The maximum absolute atomic E-state index is 10.8. The quantitative estimate of drug-likeness (QED) is 0.626. The van der Waals surface area contributed by atoms with Gasteiger partial charge in [-0.3, -0.25) is 0 Å². The van der Waals surface area contributed by atoms with Crippen LogP contribution in [0.4, 0.5) is 0 Å². The maximum atomic E-state index is 10.8. The predicted molar refractivity (Wildman–Crippen MR) is 86.9 cm³/mol. The first-order chi connectivity index (χ1) is 9.88. The molecule has 0 spiro atoms. The summed E-state index contributed by atoms with van der Waals surface area (Å²) in [5.41, 5.74) is 0.101. The molecule has 4 rings (SSSR count). The Kier molecular flexibility index (Phi) is 2.98. The molecule has 7 atom stereocenters. The molecule has 0 heterocycles. The van der Waals surface area contributed by atoms with Crippen molar-refractivity contribution in [3.05, 3.63) is 12.2 Å². The van der Waals surface area contributed by atoms with Crippen molar-refractivity contribution in [2.45, 2.75) is 77.7 Å². The van der Waals surface area contributed by atoms with Crippen LogP contribution >= 0.6 is 0 Å². The summed E-state index contributed by atoms with van der Waals surface area (Å²) in [5, 5.41) is 10.8. The van der Waals surface area contributed by atoms with Gasteiger partial charge in [0.1, 0.15) is 0 Å². The van der Waals surface area contributed by atoms with Crippen molar-refractivity contribution in [2.75, 3.05) is 0 Å². The van der Waals surface area contributed by atoms with Crippen LogP contribution in [0.3, 0.4) is 0 Å². The summed E-state index contributed by atoms with van der Waals surface area (Å²) in [6.45, 7) is 7.01. The van der Waals surface area contributed by atoms with Crippen molar-refractivity contribution < 1.29 is 5.11 Å². The van der Waals surface area contributed by atoms with Crippen LogP contribution in [0.2, 0.25) is 0 Å². The van der Waals surface area contributed by atoms with Crippen LogP contribution in [0.1, 0.15) is 72.1 Å². The van der Waals surface area contributed by atoms with Gasteiger partial charge in [0, 0.05) is 5.41 Å². The lowest BCUT2D eigenvalue weighted by molar-refractivity contribution is -0.137. The smallest absolute Gasteiger partial charge is 0.0858 e. The van der Waals surface area contributed by atoms with E-state index < -0.39 is 5.60 Å². The lowest BCUT2D eigenvalue weighted by atomic mass is 9.44.